The lowest BCUT2D eigenvalue weighted by molar-refractivity contribution is 1.29. The van der Waals surface area contributed by atoms with Gasteiger partial charge in [0.15, 0.2) is 0 Å². The van der Waals surface area contributed by atoms with Gasteiger partial charge in [0.1, 0.15) is 0 Å². The predicted octanol–water partition coefficient (Wildman–Crippen LogP) is 14.8. The minimum absolute atomic E-state index is 1.12. The Kier molecular flexibility index (Phi) is 7.41. The second kappa shape index (κ2) is 12.7. The maximum Gasteiger partial charge on any atom is 0.0468 e. The molecule has 10 aromatic rings. The quantitative estimate of drug-likeness (QED) is 0.169. The summed E-state index contributed by atoms with van der Waals surface area (Å²) >= 11 is 1.85. The molecule has 0 spiro atoms. The Bertz CT molecular complexity index is 2900. The minimum Gasteiger partial charge on any atom is -0.310 e. The van der Waals surface area contributed by atoms with E-state index in [9.17, 15) is 0 Å². The fourth-order valence-electron chi connectivity index (χ4n) is 7.53. The van der Waals surface area contributed by atoms with E-state index in [2.05, 4.69) is 205 Å². The third-order valence-electron chi connectivity index (χ3n) is 10.2. The predicted molar refractivity (Wildman–Crippen MR) is 225 cm³/mol. The molecule has 1 heterocycles. The first kappa shape index (κ1) is 30.4. The van der Waals surface area contributed by atoms with Crippen LogP contribution in [-0.2, 0) is 0 Å². The Morgan fingerprint density at radius 2 is 0.788 bits per heavy atom. The first-order valence-corrected chi connectivity index (χ1v) is 18.6. The van der Waals surface area contributed by atoms with Crippen molar-refractivity contribution in [3.05, 3.63) is 200 Å². The molecular formula is C50H33NS. The van der Waals surface area contributed by atoms with Gasteiger partial charge in [0, 0.05) is 37.2 Å². The monoisotopic (exact) mass is 679 g/mol. The molecule has 0 aliphatic rings. The van der Waals surface area contributed by atoms with Crippen molar-refractivity contribution in [3.8, 4) is 33.4 Å². The van der Waals surface area contributed by atoms with Crippen molar-refractivity contribution in [1.29, 1.82) is 0 Å². The maximum absolute atomic E-state index is 2.39. The van der Waals surface area contributed by atoms with Gasteiger partial charge in [-0.15, -0.1) is 11.3 Å². The molecule has 0 saturated heterocycles. The highest BCUT2D eigenvalue weighted by Crippen LogP contribution is 2.42. The van der Waals surface area contributed by atoms with Crippen molar-refractivity contribution < 1.29 is 0 Å². The molecule has 1 nitrogen and oxygen atoms in total. The van der Waals surface area contributed by atoms with Gasteiger partial charge >= 0.3 is 0 Å². The number of hydrogen-bond donors (Lipinski definition) is 0. The summed E-state index contributed by atoms with van der Waals surface area (Å²) in [7, 11) is 0. The van der Waals surface area contributed by atoms with E-state index in [0.717, 1.165) is 17.1 Å². The van der Waals surface area contributed by atoms with E-state index in [1.54, 1.807) is 0 Å². The molecular weight excluding hydrogens is 647 g/mol. The molecule has 0 atom stereocenters. The number of nitrogens with zero attached hydrogens (tertiary/aromatic N) is 1. The molecule has 0 aliphatic heterocycles. The molecule has 0 unspecified atom stereocenters. The van der Waals surface area contributed by atoms with Crippen LogP contribution in [0.2, 0.25) is 0 Å². The summed E-state index contributed by atoms with van der Waals surface area (Å²) in [5.74, 6) is 0. The lowest BCUT2D eigenvalue weighted by Crippen LogP contribution is -2.10. The lowest BCUT2D eigenvalue weighted by Gasteiger charge is -2.26. The third kappa shape index (κ3) is 5.51. The fraction of sp³-hybridized carbons (Fsp3) is 0. The molecule has 244 valence electrons. The fourth-order valence-corrected chi connectivity index (χ4v) is 8.62. The molecule has 0 fully saturated rings. The molecule has 0 N–H and O–H groups in total. The van der Waals surface area contributed by atoms with Crippen LogP contribution in [0.3, 0.4) is 0 Å². The van der Waals surface area contributed by atoms with Gasteiger partial charge in [-0.1, -0.05) is 133 Å². The summed E-state index contributed by atoms with van der Waals surface area (Å²) in [5, 5.41) is 7.60. The molecule has 52 heavy (non-hydrogen) atoms. The molecule has 9 aromatic carbocycles. The average Bonchev–Trinajstić information content (AvgIpc) is 3.59. The van der Waals surface area contributed by atoms with Gasteiger partial charge in [0.25, 0.3) is 0 Å². The smallest absolute Gasteiger partial charge is 0.0468 e. The van der Waals surface area contributed by atoms with Crippen LogP contribution in [-0.4, -0.2) is 0 Å². The van der Waals surface area contributed by atoms with Crippen LogP contribution < -0.4 is 4.90 Å². The van der Waals surface area contributed by atoms with E-state index in [4.69, 9.17) is 0 Å². The summed E-state index contributed by atoms with van der Waals surface area (Å²) in [6.07, 6.45) is 0. The molecule has 10 rings (SSSR count). The van der Waals surface area contributed by atoms with Gasteiger partial charge < -0.3 is 4.90 Å². The van der Waals surface area contributed by atoms with Crippen LogP contribution in [0.4, 0.5) is 17.1 Å². The highest BCUT2D eigenvalue weighted by molar-refractivity contribution is 7.25. The Labute approximate surface area is 307 Å². The molecule has 0 aliphatic carbocycles. The van der Waals surface area contributed by atoms with Gasteiger partial charge in [-0.25, -0.2) is 0 Å². The SMILES string of the molecule is c1ccc(-c2cccc(N(c3ccc(-c4ccc5ccc(-c6ccc7ccccc7c6)cc5c4)cc3)c3ccc4sc5ccccc5c4c3)c2)cc1. The highest BCUT2D eigenvalue weighted by atomic mass is 32.1. The third-order valence-corrected chi connectivity index (χ3v) is 11.4. The van der Waals surface area contributed by atoms with Crippen LogP contribution in [0, 0.1) is 0 Å². The number of thiophene rings is 1. The summed E-state index contributed by atoms with van der Waals surface area (Å²) in [6, 6.07) is 73.1. The van der Waals surface area contributed by atoms with Gasteiger partial charge in [-0.05, 0) is 122 Å². The highest BCUT2D eigenvalue weighted by Gasteiger charge is 2.16. The largest absolute Gasteiger partial charge is 0.310 e. The lowest BCUT2D eigenvalue weighted by atomic mass is 9.96. The Morgan fingerprint density at radius 3 is 1.58 bits per heavy atom. The first-order chi connectivity index (χ1) is 25.7. The van der Waals surface area contributed by atoms with Crippen molar-refractivity contribution in [3.63, 3.8) is 0 Å². The van der Waals surface area contributed by atoms with Gasteiger partial charge in [-0.2, -0.15) is 0 Å². The first-order valence-electron chi connectivity index (χ1n) is 17.7. The average molecular weight is 680 g/mol. The molecule has 0 saturated carbocycles. The zero-order valence-electron chi connectivity index (χ0n) is 28.4. The number of benzene rings is 9. The standard InChI is InChI=1S/C50H33NS/c1-2-9-34(10-3-1)39-13-8-14-45(32-39)51(46-27-28-50-48(33-46)47-15-6-7-16-49(47)52-50)44-25-23-36(24-26-44)40-20-18-37-19-22-42(31-43(37)30-40)41-21-17-35-11-4-5-12-38(35)29-41/h1-33H. The summed E-state index contributed by atoms with van der Waals surface area (Å²) in [5.41, 5.74) is 10.7. The number of rotatable bonds is 6. The normalized spacial score (nSPS) is 11.5. The summed E-state index contributed by atoms with van der Waals surface area (Å²) < 4.78 is 2.62. The van der Waals surface area contributed by atoms with E-state index in [-0.39, 0.29) is 0 Å². The van der Waals surface area contributed by atoms with Crippen LogP contribution in [0.5, 0.6) is 0 Å². The van der Waals surface area contributed by atoms with Crippen LogP contribution in [0.15, 0.2) is 200 Å². The second-order valence-corrected chi connectivity index (χ2v) is 14.5. The van der Waals surface area contributed by atoms with Crippen LogP contribution in [0.25, 0.3) is 75.1 Å². The summed E-state index contributed by atoms with van der Waals surface area (Å²) in [4.78, 5) is 2.39. The van der Waals surface area contributed by atoms with E-state index in [0.29, 0.717) is 0 Å². The van der Waals surface area contributed by atoms with Gasteiger partial charge in [0.2, 0.25) is 0 Å². The van der Waals surface area contributed by atoms with Gasteiger partial charge in [0.05, 0.1) is 0 Å². The van der Waals surface area contributed by atoms with Crippen LogP contribution >= 0.6 is 11.3 Å². The maximum atomic E-state index is 2.39. The minimum atomic E-state index is 1.12. The van der Waals surface area contributed by atoms with Gasteiger partial charge in [-0.3, -0.25) is 0 Å². The van der Waals surface area contributed by atoms with Crippen LogP contribution in [0.1, 0.15) is 0 Å². The van der Waals surface area contributed by atoms with E-state index >= 15 is 0 Å². The molecule has 2 heteroatoms. The molecule has 0 amide bonds. The second-order valence-electron chi connectivity index (χ2n) is 13.4. The van der Waals surface area contributed by atoms with E-state index in [1.807, 2.05) is 11.3 Å². The number of anilines is 3. The zero-order valence-corrected chi connectivity index (χ0v) is 29.2. The van der Waals surface area contributed by atoms with Crippen molar-refractivity contribution in [2.75, 3.05) is 4.90 Å². The molecule has 0 radical (unpaired) electrons. The Morgan fingerprint density at radius 1 is 0.269 bits per heavy atom. The van der Waals surface area contributed by atoms with E-state index < -0.39 is 0 Å². The molecule has 0 bridgehead atoms. The number of fused-ring (bicyclic) bond motifs is 5. The zero-order chi connectivity index (χ0) is 34.4. The molecule has 1 aromatic heterocycles. The topological polar surface area (TPSA) is 3.24 Å². The van der Waals surface area contributed by atoms with Crippen molar-refractivity contribution in [1.82, 2.24) is 0 Å². The van der Waals surface area contributed by atoms with Crippen molar-refractivity contribution in [2.24, 2.45) is 0 Å². The van der Waals surface area contributed by atoms with Crippen molar-refractivity contribution >= 4 is 70.1 Å². The van der Waals surface area contributed by atoms with E-state index in [1.165, 1.54) is 75.1 Å². The summed E-state index contributed by atoms with van der Waals surface area (Å²) in [6.45, 7) is 0. The Balaban J connectivity index is 1.05. The number of hydrogen-bond acceptors (Lipinski definition) is 2. The Hall–Kier alpha value is -6.48. The van der Waals surface area contributed by atoms with Crippen molar-refractivity contribution in [2.45, 2.75) is 0 Å².